The highest BCUT2D eigenvalue weighted by Crippen LogP contribution is 2.37. The average Bonchev–Trinajstić information content (AvgIpc) is 3.89. The first-order valence-corrected chi connectivity index (χ1v) is 19.3. The van der Waals surface area contributed by atoms with Gasteiger partial charge in [-0.15, -0.1) is 0 Å². The molecule has 0 spiro atoms. The zero-order valence-corrected chi connectivity index (χ0v) is 31.2. The third kappa shape index (κ3) is 6.01. The van der Waals surface area contributed by atoms with Crippen molar-refractivity contribution in [2.24, 2.45) is 0 Å². The van der Waals surface area contributed by atoms with E-state index in [4.69, 9.17) is 24.4 Å². The van der Waals surface area contributed by atoms with Crippen molar-refractivity contribution < 1.29 is 4.42 Å². The lowest BCUT2D eigenvalue weighted by molar-refractivity contribution is 0.620. The number of para-hydroxylation sites is 3. The molecule has 0 radical (unpaired) electrons. The van der Waals surface area contributed by atoms with Crippen molar-refractivity contribution in [1.29, 1.82) is 0 Å². The lowest BCUT2D eigenvalue weighted by Crippen LogP contribution is -2.01. The molecule has 0 N–H and O–H groups in total. The van der Waals surface area contributed by atoms with E-state index in [0.29, 0.717) is 23.4 Å². The van der Waals surface area contributed by atoms with Crippen LogP contribution in [0.25, 0.3) is 106 Å². The van der Waals surface area contributed by atoms with E-state index >= 15 is 0 Å². The van der Waals surface area contributed by atoms with Crippen LogP contribution in [-0.2, 0) is 0 Å². The van der Waals surface area contributed by atoms with Crippen molar-refractivity contribution in [3.05, 3.63) is 200 Å². The standard InChI is InChI=1S/C52H33N5O/c1-4-14-34(15-5-1)39-30-40(35-16-6-2-7-17-35)32-41(31-39)51-55-49(36-18-8-3-9-19-36)54-50(56-51)37-24-27-42(28-25-37)57-46-22-12-10-20-43(46)44-29-26-38(33-47(44)57)52-53-45-21-11-13-23-48(45)58-52/h1-33H. The maximum atomic E-state index is 6.19. The molecule has 0 bridgehead atoms. The Morgan fingerprint density at radius 1 is 0.328 bits per heavy atom. The van der Waals surface area contributed by atoms with Crippen molar-refractivity contribution in [1.82, 2.24) is 24.5 Å². The van der Waals surface area contributed by atoms with E-state index in [1.54, 1.807) is 0 Å². The Labute approximate surface area is 334 Å². The number of nitrogens with zero attached hydrogens (tertiary/aromatic N) is 5. The summed E-state index contributed by atoms with van der Waals surface area (Å²) in [6.07, 6.45) is 0. The van der Waals surface area contributed by atoms with Crippen LogP contribution in [0.5, 0.6) is 0 Å². The van der Waals surface area contributed by atoms with Gasteiger partial charge < -0.3 is 8.98 Å². The molecular formula is C52H33N5O. The van der Waals surface area contributed by atoms with Crippen LogP contribution in [0.1, 0.15) is 0 Å². The van der Waals surface area contributed by atoms with E-state index in [0.717, 1.165) is 77.7 Å². The van der Waals surface area contributed by atoms with Crippen molar-refractivity contribution in [3.8, 4) is 73.6 Å². The molecule has 0 saturated carbocycles. The molecule has 0 aliphatic carbocycles. The maximum Gasteiger partial charge on any atom is 0.227 e. The molecule has 0 amide bonds. The summed E-state index contributed by atoms with van der Waals surface area (Å²) in [5, 5.41) is 2.33. The molecule has 272 valence electrons. The van der Waals surface area contributed by atoms with Gasteiger partial charge in [-0.1, -0.05) is 127 Å². The highest BCUT2D eigenvalue weighted by molar-refractivity contribution is 6.10. The molecule has 0 aliphatic rings. The molecular weight excluding hydrogens is 711 g/mol. The molecule has 6 heteroatoms. The number of aromatic nitrogens is 5. The Bertz CT molecular complexity index is 3170. The third-order valence-corrected chi connectivity index (χ3v) is 10.7. The molecule has 11 rings (SSSR count). The van der Waals surface area contributed by atoms with Crippen LogP contribution in [0, 0.1) is 0 Å². The second-order valence-electron chi connectivity index (χ2n) is 14.3. The molecule has 0 atom stereocenters. The molecule has 0 unspecified atom stereocenters. The highest BCUT2D eigenvalue weighted by atomic mass is 16.3. The Morgan fingerprint density at radius 2 is 0.828 bits per heavy atom. The van der Waals surface area contributed by atoms with Crippen molar-refractivity contribution >= 4 is 32.9 Å². The highest BCUT2D eigenvalue weighted by Gasteiger charge is 2.18. The van der Waals surface area contributed by atoms with Gasteiger partial charge in [0.25, 0.3) is 0 Å². The molecule has 6 nitrogen and oxygen atoms in total. The molecule has 8 aromatic carbocycles. The number of oxazole rings is 1. The van der Waals surface area contributed by atoms with Gasteiger partial charge in [0.15, 0.2) is 23.1 Å². The van der Waals surface area contributed by atoms with E-state index in [1.807, 2.05) is 66.7 Å². The molecule has 0 saturated heterocycles. The third-order valence-electron chi connectivity index (χ3n) is 10.7. The Hall–Kier alpha value is -7.96. The minimum Gasteiger partial charge on any atom is -0.436 e. The fourth-order valence-electron chi connectivity index (χ4n) is 7.84. The first-order valence-electron chi connectivity index (χ1n) is 19.3. The van der Waals surface area contributed by atoms with Gasteiger partial charge in [-0.3, -0.25) is 0 Å². The predicted octanol–water partition coefficient (Wildman–Crippen LogP) is 13.1. The lowest BCUT2D eigenvalue weighted by atomic mass is 9.96. The molecule has 11 aromatic rings. The van der Waals surface area contributed by atoms with E-state index < -0.39 is 0 Å². The van der Waals surface area contributed by atoms with E-state index in [1.165, 1.54) is 5.39 Å². The minimum atomic E-state index is 0.598. The summed E-state index contributed by atoms with van der Waals surface area (Å²) in [5.74, 6) is 2.42. The maximum absolute atomic E-state index is 6.19. The van der Waals surface area contributed by atoms with E-state index in [-0.39, 0.29) is 0 Å². The van der Waals surface area contributed by atoms with Gasteiger partial charge in [0, 0.05) is 38.7 Å². The molecule has 3 heterocycles. The van der Waals surface area contributed by atoms with Gasteiger partial charge in [0.2, 0.25) is 5.89 Å². The summed E-state index contributed by atoms with van der Waals surface area (Å²) >= 11 is 0. The van der Waals surface area contributed by atoms with Crippen LogP contribution in [0.15, 0.2) is 205 Å². The van der Waals surface area contributed by atoms with E-state index in [2.05, 4.69) is 138 Å². The average molecular weight is 744 g/mol. The summed E-state index contributed by atoms with van der Waals surface area (Å²) in [6.45, 7) is 0. The van der Waals surface area contributed by atoms with Gasteiger partial charge >= 0.3 is 0 Å². The van der Waals surface area contributed by atoms with Gasteiger partial charge in [-0.25, -0.2) is 19.9 Å². The van der Waals surface area contributed by atoms with Crippen LogP contribution >= 0.6 is 0 Å². The predicted molar refractivity (Wildman–Crippen MR) is 234 cm³/mol. The van der Waals surface area contributed by atoms with Crippen LogP contribution in [0.2, 0.25) is 0 Å². The van der Waals surface area contributed by atoms with Gasteiger partial charge in [0.05, 0.1) is 11.0 Å². The number of hydrogen-bond donors (Lipinski definition) is 0. The Morgan fingerprint density at radius 3 is 1.48 bits per heavy atom. The van der Waals surface area contributed by atoms with Crippen LogP contribution in [0.4, 0.5) is 0 Å². The minimum absolute atomic E-state index is 0.598. The zero-order chi connectivity index (χ0) is 38.4. The fourth-order valence-corrected chi connectivity index (χ4v) is 7.84. The zero-order valence-electron chi connectivity index (χ0n) is 31.2. The summed E-state index contributed by atoms with van der Waals surface area (Å²) in [4.78, 5) is 20.1. The number of benzene rings is 8. The largest absolute Gasteiger partial charge is 0.436 e. The van der Waals surface area contributed by atoms with Gasteiger partial charge in [-0.2, -0.15) is 0 Å². The number of rotatable bonds is 7. The first kappa shape index (κ1) is 33.4. The summed E-state index contributed by atoms with van der Waals surface area (Å²) in [6, 6.07) is 68.9. The number of hydrogen-bond acceptors (Lipinski definition) is 5. The second-order valence-corrected chi connectivity index (χ2v) is 14.3. The smallest absolute Gasteiger partial charge is 0.227 e. The van der Waals surface area contributed by atoms with Crippen LogP contribution in [0.3, 0.4) is 0 Å². The first-order chi connectivity index (χ1) is 28.7. The molecule has 0 aliphatic heterocycles. The number of fused-ring (bicyclic) bond motifs is 4. The topological polar surface area (TPSA) is 69.6 Å². The molecule has 58 heavy (non-hydrogen) atoms. The normalized spacial score (nSPS) is 11.4. The van der Waals surface area contributed by atoms with Crippen molar-refractivity contribution in [2.45, 2.75) is 0 Å². The monoisotopic (exact) mass is 743 g/mol. The summed E-state index contributed by atoms with van der Waals surface area (Å²) in [5.41, 5.74) is 12.9. The summed E-state index contributed by atoms with van der Waals surface area (Å²) in [7, 11) is 0. The Kier molecular flexibility index (Phi) is 8.04. The fraction of sp³-hybridized carbons (Fsp3) is 0. The van der Waals surface area contributed by atoms with Gasteiger partial charge in [-0.05, 0) is 95.1 Å². The molecule has 3 aromatic heterocycles. The molecule has 0 fully saturated rings. The van der Waals surface area contributed by atoms with E-state index in [9.17, 15) is 0 Å². The van der Waals surface area contributed by atoms with Crippen LogP contribution < -0.4 is 0 Å². The van der Waals surface area contributed by atoms with Crippen molar-refractivity contribution in [2.75, 3.05) is 0 Å². The second kappa shape index (κ2) is 14.0. The van der Waals surface area contributed by atoms with Crippen molar-refractivity contribution in [3.63, 3.8) is 0 Å². The summed E-state index contributed by atoms with van der Waals surface area (Å²) < 4.78 is 8.49. The quantitative estimate of drug-likeness (QED) is 0.163. The Balaban J connectivity index is 1.05. The lowest BCUT2D eigenvalue weighted by Gasteiger charge is -2.13. The van der Waals surface area contributed by atoms with Crippen LogP contribution in [-0.4, -0.2) is 24.5 Å². The SMILES string of the molecule is c1ccc(-c2cc(-c3ccccc3)cc(-c3nc(-c4ccccc4)nc(-c4ccc(-n5c6ccccc6c6ccc(-c7nc8ccccc8o7)cc65)cc4)n3)c2)cc1. The van der Waals surface area contributed by atoms with Gasteiger partial charge in [0.1, 0.15) is 5.52 Å².